The Hall–Kier alpha value is -1.96. The summed E-state index contributed by atoms with van der Waals surface area (Å²) in [4.78, 5) is 12.8. The molecule has 0 fully saturated rings. The van der Waals surface area contributed by atoms with Crippen molar-refractivity contribution in [3.05, 3.63) is 58.1 Å². The molecule has 9 heteroatoms. The standard InChI is InChI=1S/C21H26Cl2N2O4S/c1-14(2)12-18(15-8-10-16(29-3)11-9-15)24-20(26)13-25(30(4,27)28)19-7-5-6-17(22)21(19)23/h5-11,14,18H,12-13H2,1-4H3,(H,24,26)/t18-/m0/s1. The highest BCUT2D eigenvalue weighted by Crippen LogP contribution is 2.33. The molecule has 1 atom stereocenters. The average Bonchev–Trinajstić information content (AvgIpc) is 2.67. The van der Waals surface area contributed by atoms with Gasteiger partial charge < -0.3 is 10.1 Å². The fraction of sp³-hybridized carbons (Fsp3) is 0.381. The molecule has 2 rings (SSSR count). The average molecular weight is 473 g/mol. The van der Waals surface area contributed by atoms with E-state index in [0.29, 0.717) is 18.1 Å². The van der Waals surface area contributed by atoms with E-state index in [1.165, 1.54) is 6.07 Å². The molecule has 0 spiro atoms. The van der Waals surface area contributed by atoms with E-state index in [4.69, 9.17) is 27.9 Å². The number of halogens is 2. The van der Waals surface area contributed by atoms with Crippen LogP contribution in [0.3, 0.4) is 0 Å². The first-order chi connectivity index (χ1) is 14.0. The molecule has 6 nitrogen and oxygen atoms in total. The number of anilines is 1. The number of benzene rings is 2. The van der Waals surface area contributed by atoms with Gasteiger partial charge in [-0.3, -0.25) is 9.10 Å². The van der Waals surface area contributed by atoms with Gasteiger partial charge in [-0.05, 0) is 42.2 Å². The number of carbonyl (C=O) groups excluding carboxylic acids is 1. The lowest BCUT2D eigenvalue weighted by Gasteiger charge is -2.26. The molecule has 0 aliphatic rings. The first kappa shape index (κ1) is 24.3. The zero-order chi connectivity index (χ0) is 22.5. The number of sulfonamides is 1. The molecule has 0 saturated heterocycles. The van der Waals surface area contributed by atoms with E-state index >= 15 is 0 Å². The van der Waals surface area contributed by atoms with Crippen LogP contribution in [-0.2, 0) is 14.8 Å². The smallest absolute Gasteiger partial charge is 0.241 e. The maximum absolute atomic E-state index is 12.8. The highest BCUT2D eigenvalue weighted by Gasteiger charge is 2.25. The predicted octanol–water partition coefficient (Wildman–Crippen LogP) is 4.67. The van der Waals surface area contributed by atoms with Gasteiger partial charge in [0, 0.05) is 0 Å². The Morgan fingerprint density at radius 1 is 1.13 bits per heavy atom. The van der Waals surface area contributed by atoms with Crippen molar-refractivity contribution in [2.45, 2.75) is 26.3 Å². The quantitative estimate of drug-likeness (QED) is 0.574. The van der Waals surface area contributed by atoms with Gasteiger partial charge >= 0.3 is 0 Å². The van der Waals surface area contributed by atoms with Crippen molar-refractivity contribution >= 4 is 44.8 Å². The fourth-order valence-corrected chi connectivity index (χ4v) is 4.33. The summed E-state index contributed by atoms with van der Waals surface area (Å²) in [6, 6.07) is 11.8. The van der Waals surface area contributed by atoms with Crippen LogP contribution < -0.4 is 14.4 Å². The molecule has 0 radical (unpaired) electrons. The van der Waals surface area contributed by atoms with Gasteiger partial charge in [0.1, 0.15) is 12.3 Å². The SMILES string of the molecule is COc1ccc([C@H](CC(C)C)NC(=O)CN(c2cccc(Cl)c2Cl)S(C)(=O)=O)cc1. The van der Waals surface area contributed by atoms with Crippen LogP contribution in [0.1, 0.15) is 31.9 Å². The molecule has 164 valence electrons. The summed E-state index contributed by atoms with van der Waals surface area (Å²) in [5, 5.41) is 3.23. The number of amides is 1. The first-order valence-electron chi connectivity index (χ1n) is 9.38. The van der Waals surface area contributed by atoms with E-state index in [0.717, 1.165) is 16.1 Å². The van der Waals surface area contributed by atoms with Crippen LogP contribution in [-0.4, -0.2) is 34.2 Å². The van der Waals surface area contributed by atoms with Gasteiger partial charge in [0.15, 0.2) is 0 Å². The van der Waals surface area contributed by atoms with Crippen LogP contribution in [0, 0.1) is 5.92 Å². The Kier molecular flexibility index (Phi) is 8.41. The zero-order valence-electron chi connectivity index (χ0n) is 17.4. The summed E-state index contributed by atoms with van der Waals surface area (Å²) >= 11 is 12.2. The van der Waals surface area contributed by atoms with E-state index in [2.05, 4.69) is 19.2 Å². The van der Waals surface area contributed by atoms with Gasteiger partial charge in [-0.1, -0.05) is 55.2 Å². The molecule has 30 heavy (non-hydrogen) atoms. The van der Waals surface area contributed by atoms with Crippen molar-refractivity contribution in [2.24, 2.45) is 5.92 Å². The van der Waals surface area contributed by atoms with E-state index in [9.17, 15) is 13.2 Å². The molecular formula is C21H26Cl2N2O4S. The minimum Gasteiger partial charge on any atom is -0.497 e. The number of hydrogen-bond acceptors (Lipinski definition) is 4. The second kappa shape index (κ2) is 10.4. The molecule has 0 heterocycles. The van der Waals surface area contributed by atoms with Crippen LogP contribution in [0.5, 0.6) is 5.75 Å². The van der Waals surface area contributed by atoms with Gasteiger partial charge in [-0.15, -0.1) is 0 Å². The summed E-state index contributed by atoms with van der Waals surface area (Å²) in [6.45, 7) is 3.69. The molecule has 1 N–H and O–H groups in total. The van der Waals surface area contributed by atoms with Gasteiger partial charge in [-0.2, -0.15) is 0 Å². The molecule has 0 bridgehead atoms. The van der Waals surface area contributed by atoms with Crippen LogP contribution in [0.4, 0.5) is 5.69 Å². The lowest BCUT2D eigenvalue weighted by atomic mass is 9.97. The van der Waals surface area contributed by atoms with Crippen molar-refractivity contribution in [1.82, 2.24) is 5.32 Å². The second-order valence-electron chi connectivity index (χ2n) is 7.37. The van der Waals surface area contributed by atoms with Crippen molar-refractivity contribution < 1.29 is 17.9 Å². The summed E-state index contributed by atoms with van der Waals surface area (Å²) < 4.78 is 30.9. The predicted molar refractivity (Wildman–Crippen MR) is 122 cm³/mol. The molecule has 1 amide bonds. The number of methoxy groups -OCH3 is 1. The minimum absolute atomic E-state index is 0.0753. The normalized spacial score (nSPS) is 12.5. The van der Waals surface area contributed by atoms with Crippen LogP contribution >= 0.6 is 23.2 Å². The van der Waals surface area contributed by atoms with Gasteiger partial charge in [0.25, 0.3) is 0 Å². The van der Waals surface area contributed by atoms with Gasteiger partial charge in [-0.25, -0.2) is 8.42 Å². The highest BCUT2D eigenvalue weighted by molar-refractivity contribution is 7.92. The molecule has 2 aromatic rings. The third-order valence-corrected chi connectivity index (χ3v) is 6.38. The lowest BCUT2D eigenvalue weighted by molar-refractivity contribution is -0.120. The van der Waals surface area contributed by atoms with Gasteiger partial charge in [0.2, 0.25) is 15.9 Å². The molecule has 0 aromatic heterocycles. The van der Waals surface area contributed by atoms with E-state index < -0.39 is 22.5 Å². The molecule has 0 aliphatic carbocycles. The van der Waals surface area contributed by atoms with Crippen molar-refractivity contribution in [3.63, 3.8) is 0 Å². The first-order valence-corrected chi connectivity index (χ1v) is 12.0. The molecular weight excluding hydrogens is 447 g/mol. The summed E-state index contributed by atoms with van der Waals surface area (Å²) in [6.07, 6.45) is 1.71. The van der Waals surface area contributed by atoms with Crippen molar-refractivity contribution in [1.29, 1.82) is 0 Å². The molecule has 2 aromatic carbocycles. The van der Waals surface area contributed by atoms with Crippen LogP contribution in [0.15, 0.2) is 42.5 Å². The fourth-order valence-electron chi connectivity index (χ4n) is 3.02. The third-order valence-electron chi connectivity index (χ3n) is 4.45. The van der Waals surface area contributed by atoms with Crippen molar-refractivity contribution in [2.75, 3.05) is 24.2 Å². The lowest BCUT2D eigenvalue weighted by Crippen LogP contribution is -2.42. The number of nitrogens with zero attached hydrogens (tertiary/aromatic N) is 1. The Balaban J connectivity index is 2.27. The number of ether oxygens (including phenoxy) is 1. The third kappa shape index (κ3) is 6.52. The second-order valence-corrected chi connectivity index (χ2v) is 10.1. The Bertz CT molecular complexity index is 979. The summed E-state index contributed by atoms with van der Waals surface area (Å²) in [7, 11) is -2.19. The number of nitrogens with one attached hydrogen (secondary N) is 1. The topological polar surface area (TPSA) is 75.7 Å². The summed E-state index contributed by atoms with van der Waals surface area (Å²) in [5.41, 5.74) is 1.07. The van der Waals surface area contributed by atoms with Gasteiger partial charge in [0.05, 0.1) is 35.1 Å². The Morgan fingerprint density at radius 2 is 1.77 bits per heavy atom. The maximum Gasteiger partial charge on any atom is 0.241 e. The van der Waals surface area contributed by atoms with E-state index in [1.807, 2.05) is 24.3 Å². The van der Waals surface area contributed by atoms with Crippen LogP contribution in [0.2, 0.25) is 10.0 Å². The summed E-state index contributed by atoms with van der Waals surface area (Å²) in [5.74, 6) is 0.580. The van der Waals surface area contributed by atoms with Crippen LogP contribution in [0.25, 0.3) is 0 Å². The molecule has 0 saturated carbocycles. The van der Waals surface area contributed by atoms with Crippen molar-refractivity contribution in [3.8, 4) is 5.75 Å². The molecule has 0 aliphatic heterocycles. The number of carbonyl (C=O) groups is 1. The van der Waals surface area contributed by atoms with E-state index in [-0.39, 0.29) is 21.8 Å². The number of rotatable bonds is 9. The molecule has 0 unspecified atom stereocenters. The largest absolute Gasteiger partial charge is 0.497 e. The van der Waals surface area contributed by atoms with E-state index in [1.54, 1.807) is 19.2 Å². The highest BCUT2D eigenvalue weighted by atomic mass is 35.5. The number of hydrogen-bond donors (Lipinski definition) is 1. The maximum atomic E-state index is 12.8. The Labute approximate surface area is 188 Å². The monoisotopic (exact) mass is 472 g/mol. The minimum atomic E-state index is -3.77. The Morgan fingerprint density at radius 3 is 2.30 bits per heavy atom. The zero-order valence-corrected chi connectivity index (χ0v) is 19.7.